The molecule has 0 bridgehead atoms. The van der Waals surface area contributed by atoms with Gasteiger partial charge in [0.15, 0.2) is 0 Å². The van der Waals surface area contributed by atoms with E-state index in [1.165, 1.54) is 16.8 Å². The molecule has 21 heavy (non-hydrogen) atoms. The van der Waals surface area contributed by atoms with Gasteiger partial charge in [-0.15, -0.1) is 0 Å². The van der Waals surface area contributed by atoms with E-state index in [0.717, 1.165) is 4.47 Å². The highest BCUT2D eigenvalue weighted by Gasteiger charge is 2.10. The highest BCUT2D eigenvalue weighted by Crippen LogP contribution is 2.14. The lowest BCUT2D eigenvalue weighted by atomic mass is 10.2. The van der Waals surface area contributed by atoms with E-state index in [4.69, 9.17) is 0 Å². The Labute approximate surface area is 131 Å². The van der Waals surface area contributed by atoms with E-state index in [9.17, 15) is 9.59 Å². The Morgan fingerprint density at radius 2 is 1.90 bits per heavy atom. The molecule has 1 aromatic carbocycles. The van der Waals surface area contributed by atoms with Crippen molar-refractivity contribution in [2.45, 2.75) is 20.4 Å². The normalized spacial score (nSPS) is 10.7. The van der Waals surface area contributed by atoms with Gasteiger partial charge in [-0.1, -0.05) is 29.8 Å². The number of hydrogen-bond acceptors (Lipinski definition) is 3. The summed E-state index contributed by atoms with van der Waals surface area (Å²) in [6.07, 6.45) is 0. The maximum absolute atomic E-state index is 12.1. The number of aromatic nitrogens is 2. The lowest BCUT2D eigenvalue weighted by Crippen LogP contribution is -2.27. The first-order valence-corrected chi connectivity index (χ1v) is 7.40. The molecular formula is C15H16BrN3O2. The first kappa shape index (κ1) is 15.4. The van der Waals surface area contributed by atoms with Crippen molar-refractivity contribution < 1.29 is 4.79 Å². The number of nitrogens with one attached hydrogen (secondary N) is 1. The summed E-state index contributed by atoms with van der Waals surface area (Å²) in [6.45, 7) is 4.46. The van der Waals surface area contributed by atoms with Gasteiger partial charge in [0.2, 0.25) is 0 Å². The molecule has 0 unspecified atom stereocenters. The SMILES string of the molecule is CC(C)Cn1nc(C(=O)Nc2ccc(Br)cc2)ccc1=O. The number of amides is 1. The van der Waals surface area contributed by atoms with E-state index in [0.29, 0.717) is 12.2 Å². The number of hydrogen-bond donors (Lipinski definition) is 1. The highest BCUT2D eigenvalue weighted by molar-refractivity contribution is 9.10. The number of carbonyl (C=O) groups excluding carboxylic acids is 1. The first-order chi connectivity index (χ1) is 9.95. The van der Waals surface area contributed by atoms with Crippen molar-refractivity contribution in [3.63, 3.8) is 0 Å². The minimum absolute atomic E-state index is 0.205. The zero-order chi connectivity index (χ0) is 15.4. The van der Waals surface area contributed by atoms with Crippen LogP contribution in [0.1, 0.15) is 24.3 Å². The van der Waals surface area contributed by atoms with Crippen molar-refractivity contribution >= 4 is 27.5 Å². The smallest absolute Gasteiger partial charge is 0.276 e. The molecule has 0 aliphatic heterocycles. The molecule has 1 heterocycles. The van der Waals surface area contributed by atoms with Crippen LogP contribution in [0.15, 0.2) is 45.7 Å². The van der Waals surface area contributed by atoms with E-state index in [1.54, 1.807) is 12.1 Å². The predicted molar refractivity (Wildman–Crippen MR) is 85.4 cm³/mol. The van der Waals surface area contributed by atoms with Crippen LogP contribution in [-0.2, 0) is 6.54 Å². The van der Waals surface area contributed by atoms with Crippen molar-refractivity contribution in [3.05, 3.63) is 56.9 Å². The van der Waals surface area contributed by atoms with Crippen LogP contribution in [0, 0.1) is 5.92 Å². The Balaban J connectivity index is 2.19. The first-order valence-electron chi connectivity index (χ1n) is 6.61. The van der Waals surface area contributed by atoms with Gasteiger partial charge in [0, 0.05) is 22.8 Å². The minimum Gasteiger partial charge on any atom is -0.321 e. The van der Waals surface area contributed by atoms with Gasteiger partial charge in [-0.3, -0.25) is 9.59 Å². The third-order valence-corrected chi connectivity index (χ3v) is 3.27. The van der Waals surface area contributed by atoms with Crippen molar-refractivity contribution in [1.82, 2.24) is 9.78 Å². The van der Waals surface area contributed by atoms with Gasteiger partial charge in [-0.2, -0.15) is 5.10 Å². The molecule has 0 fully saturated rings. The molecular weight excluding hydrogens is 334 g/mol. The summed E-state index contributed by atoms with van der Waals surface area (Å²) in [7, 11) is 0. The fourth-order valence-corrected chi connectivity index (χ4v) is 2.04. The molecule has 0 aliphatic rings. The second-order valence-electron chi connectivity index (χ2n) is 5.09. The molecule has 6 heteroatoms. The standard InChI is InChI=1S/C15H16BrN3O2/c1-10(2)9-19-14(20)8-7-13(18-19)15(21)17-12-5-3-11(16)4-6-12/h3-8,10H,9H2,1-2H3,(H,17,21). The van der Waals surface area contributed by atoms with E-state index < -0.39 is 0 Å². The monoisotopic (exact) mass is 349 g/mol. The largest absolute Gasteiger partial charge is 0.321 e. The van der Waals surface area contributed by atoms with Crippen LogP contribution in [0.3, 0.4) is 0 Å². The number of nitrogens with zero attached hydrogens (tertiary/aromatic N) is 2. The van der Waals surface area contributed by atoms with Crippen molar-refractivity contribution in [2.75, 3.05) is 5.32 Å². The number of halogens is 1. The van der Waals surface area contributed by atoms with Crippen LogP contribution in [-0.4, -0.2) is 15.7 Å². The quantitative estimate of drug-likeness (QED) is 0.922. The second-order valence-corrected chi connectivity index (χ2v) is 6.01. The maximum atomic E-state index is 12.1. The predicted octanol–water partition coefficient (Wildman–Crippen LogP) is 2.91. The Bertz CT molecular complexity index is 693. The fraction of sp³-hybridized carbons (Fsp3) is 0.267. The van der Waals surface area contributed by atoms with Gasteiger partial charge in [-0.25, -0.2) is 4.68 Å². The number of benzene rings is 1. The van der Waals surface area contributed by atoms with E-state index >= 15 is 0 Å². The summed E-state index contributed by atoms with van der Waals surface area (Å²) in [5.74, 6) is -0.0604. The van der Waals surface area contributed by atoms with Gasteiger partial charge in [-0.05, 0) is 36.2 Å². The summed E-state index contributed by atoms with van der Waals surface area (Å²) >= 11 is 3.33. The van der Waals surface area contributed by atoms with E-state index in [2.05, 4.69) is 26.3 Å². The third-order valence-electron chi connectivity index (χ3n) is 2.74. The Hall–Kier alpha value is -1.95. The van der Waals surface area contributed by atoms with Crippen LogP contribution < -0.4 is 10.9 Å². The molecule has 110 valence electrons. The summed E-state index contributed by atoms with van der Waals surface area (Å²) in [5, 5.41) is 6.86. The Morgan fingerprint density at radius 1 is 1.24 bits per heavy atom. The average molecular weight is 350 g/mol. The molecule has 1 amide bonds. The maximum Gasteiger partial charge on any atom is 0.276 e. The molecule has 0 radical (unpaired) electrons. The Morgan fingerprint density at radius 3 is 2.52 bits per heavy atom. The van der Waals surface area contributed by atoms with Gasteiger partial charge >= 0.3 is 0 Å². The second kappa shape index (κ2) is 6.67. The summed E-state index contributed by atoms with van der Waals surface area (Å²) < 4.78 is 2.25. The van der Waals surface area contributed by atoms with Crippen molar-refractivity contribution in [3.8, 4) is 0 Å². The van der Waals surface area contributed by atoms with Gasteiger partial charge < -0.3 is 5.32 Å². The molecule has 1 N–H and O–H groups in total. The number of rotatable bonds is 4. The zero-order valence-corrected chi connectivity index (χ0v) is 13.4. The highest BCUT2D eigenvalue weighted by atomic mass is 79.9. The summed E-state index contributed by atoms with van der Waals surface area (Å²) in [5.41, 5.74) is 0.689. The average Bonchev–Trinajstić information content (AvgIpc) is 2.43. The van der Waals surface area contributed by atoms with Crippen LogP contribution in [0.25, 0.3) is 0 Å². The molecule has 2 aromatic rings. The molecule has 0 saturated heterocycles. The third kappa shape index (κ3) is 4.26. The molecule has 0 atom stereocenters. The van der Waals surface area contributed by atoms with Crippen LogP contribution in [0.2, 0.25) is 0 Å². The lowest BCUT2D eigenvalue weighted by molar-refractivity contribution is 0.101. The molecule has 0 spiro atoms. The lowest BCUT2D eigenvalue weighted by Gasteiger charge is -2.09. The topological polar surface area (TPSA) is 64.0 Å². The number of carbonyl (C=O) groups is 1. The van der Waals surface area contributed by atoms with Crippen LogP contribution in [0.5, 0.6) is 0 Å². The van der Waals surface area contributed by atoms with Gasteiger partial charge in [0.25, 0.3) is 11.5 Å². The van der Waals surface area contributed by atoms with Crippen LogP contribution in [0.4, 0.5) is 5.69 Å². The molecule has 1 aromatic heterocycles. The van der Waals surface area contributed by atoms with Crippen molar-refractivity contribution in [2.24, 2.45) is 5.92 Å². The van der Waals surface area contributed by atoms with Gasteiger partial charge in [0.1, 0.15) is 5.69 Å². The molecule has 5 nitrogen and oxygen atoms in total. The summed E-state index contributed by atoms with van der Waals surface area (Å²) in [6, 6.07) is 10.0. The molecule has 0 aliphatic carbocycles. The molecule has 0 saturated carbocycles. The number of anilines is 1. The Kier molecular flexibility index (Phi) is 4.90. The van der Waals surface area contributed by atoms with Gasteiger partial charge in [0.05, 0.1) is 0 Å². The van der Waals surface area contributed by atoms with E-state index in [1.807, 2.05) is 26.0 Å². The minimum atomic E-state index is -0.338. The van der Waals surface area contributed by atoms with Crippen molar-refractivity contribution in [1.29, 1.82) is 0 Å². The fourth-order valence-electron chi connectivity index (χ4n) is 1.78. The summed E-state index contributed by atoms with van der Waals surface area (Å²) in [4.78, 5) is 23.8. The molecule has 2 rings (SSSR count). The zero-order valence-electron chi connectivity index (χ0n) is 11.8. The van der Waals surface area contributed by atoms with E-state index in [-0.39, 0.29) is 23.1 Å². The van der Waals surface area contributed by atoms with Crippen LogP contribution >= 0.6 is 15.9 Å².